The summed E-state index contributed by atoms with van der Waals surface area (Å²) in [6, 6.07) is 20.0. The van der Waals surface area contributed by atoms with Crippen LogP contribution in [-0.2, 0) is 18.5 Å². The highest BCUT2D eigenvalue weighted by Crippen LogP contribution is 2.24. The topological polar surface area (TPSA) is 69.0 Å². The Balaban J connectivity index is 1.33. The van der Waals surface area contributed by atoms with Crippen molar-refractivity contribution in [2.75, 3.05) is 6.61 Å². The van der Waals surface area contributed by atoms with Gasteiger partial charge in [0, 0.05) is 18.9 Å². The molecule has 0 saturated heterocycles. The first-order valence-electron chi connectivity index (χ1n) is 11.8. The summed E-state index contributed by atoms with van der Waals surface area (Å²) in [5.74, 6) is 1.59. The van der Waals surface area contributed by atoms with Gasteiger partial charge < -0.3 is 14.6 Å². The summed E-state index contributed by atoms with van der Waals surface area (Å²) < 4.78 is 8.14. The van der Waals surface area contributed by atoms with E-state index in [-0.39, 0.29) is 11.3 Å². The highest BCUT2D eigenvalue weighted by Gasteiger charge is 2.14. The van der Waals surface area contributed by atoms with Gasteiger partial charge in [0.1, 0.15) is 11.6 Å². The molecule has 0 fully saturated rings. The number of benzene rings is 2. The summed E-state index contributed by atoms with van der Waals surface area (Å²) in [5.41, 5.74) is 3.99. The Kier molecular flexibility index (Phi) is 7.26. The number of pyridine rings is 1. The molecule has 4 rings (SSSR count). The van der Waals surface area contributed by atoms with Crippen LogP contribution in [0.2, 0.25) is 0 Å². The monoisotopic (exact) mass is 456 g/mol. The number of unbranched alkanes of at least 4 members (excludes halogenated alkanes) is 1. The Morgan fingerprint density at radius 1 is 1.00 bits per heavy atom. The fraction of sp³-hybridized carbons (Fsp3) is 0.321. The zero-order chi connectivity index (χ0) is 24.0. The van der Waals surface area contributed by atoms with E-state index in [4.69, 9.17) is 9.72 Å². The molecule has 2 heterocycles. The molecular formula is C28H32N4O2. The van der Waals surface area contributed by atoms with Crippen LogP contribution >= 0.6 is 0 Å². The number of hydrogen-bond donors (Lipinski definition) is 1. The van der Waals surface area contributed by atoms with Crippen LogP contribution in [0.25, 0.3) is 11.0 Å². The predicted octanol–water partition coefficient (Wildman–Crippen LogP) is 5.52. The van der Waals surface area contributed by atoms with Crippen molar-refractivity contribution in [2.45, 2.75) is 52.1 Å². The van der Waals surface area contributed by atoms with E-state index in [0.717, 1.165) is 42.0 Å². The maximum atomic E-state index is 12.4. The van der Waals surface area contributed by atoms with E-state index in [9.17, 15) is 4.79 Å². The van der Waals surface area contributed by atoms with E-state index >= 15 is 0 Å². The van der Waals surface area contributed by atoms with E-state index in [1.165, 1.54) is 5.56 Å². The quantitative estimate of drug-likeness (QED) is 0.337. The van der Waals surface area contributed by atoms with Gasteiger partial charge in [0.05, 0.1) is 29.7 Å². The number of carbonyl (C=O) groups is 1. The van der Waals surface area contributed by atoms with Crippen LogP contribution < -0.4 is 10.1 Å². The van der Waals surface area contributed by atoms with Gasteiger partial charge in [-0.2, -0.15) is 0 Å². The van der Waals surface area contributed by atoms with Gasteiger partial charge in [-0.05, 0) is 60.2 Å². The van der Waals surface area contributed by atoms with Crippen LogP contribution in [0, 0.1) is 0 Å². The maximum Gasteiger partial charge on any atom is 0.253 e. The largest absolute Gasteiger partial charge is 0.494 e. The molecule has 34 heavy (non-hydrogen) atoms. The molecule has 0 aliphatic heterocycles. The number of rotatable bonds is 9. The second-order valence-corrected chi connectivity index (χ2v) is 9.42. The number of aryl methyl sites for hydroxylation is 1. The molecule has 0 bridgehead atoms. The van der Waals surface area contributed by atoms with E-state index < -0.39 is 0 Å². The predicted molar refractivity (Wildman–Crippen MR) is 135 cm³/mol. The number of imidazole rings is 1. The van der Waals surface area contributed by atoms with E-state index in [0.29, 0.717) is 18.7 Å². The summed E-state index contributed by atoms with van der Waals surface area (Å²) in [4.78, 5) is 21.2. The Bertz CT molecular complexity index is 1220. The fourth-order valence-corrected chi connectivity index (χ4v) is 3.88. The first-order chi connectivity index (χ1) is 16.4. The molecule has 0 spiro atoms. The molecule has 0 unspecified atom stereocenters. The zero-order valence-electron chi connectivity index (χ0n) is 20.1. The number of para-hydroxylation sites is 2. The second-order valence-electron chi connectivity index (χ2n) is 9.42. The molecule has 0 aliphatic carbocycles. The lowest BCUT2D eigenvalue weighted by Gasteiger charge is -2.19. The van der Waals surface area contributed by atoms with Crippen LogP contribution in [0.5, 0.6) is 5.75 Å². The molecule has 1 N–H and O–H groups in total. The van der Waals surface area contributed by atoms with Gasteiger partial charge in [-0.1, -0.05) is 45.0 Å². The summed E-state index contributed by atoms with van der Waals surface area (Å²) in [7, 11) is 0. The Hall–Kier alpha value is -3.67. The Labute approximate surface area is 201 Å². The van der Waals surface area contributed by atoms with Gasteiger partial charge in [-0.3, -0.25) is 9.78 Å². The lowest BCUT2D eigenvalue weighted by Crippen LogP contribution is -2.25. The Morgan fingerprint density at radius 2 is 1.79 bits per heavy atom. The Morgan fingerprint density at radius 3 is 2.53 bits per heavy atom. The number of fused-ring (bicyclic) bond motifs is 1. The molecule has 6 heteroatoms. The standard InChI is InChI=1S/C28H32N4O2/c1-28(2,3)22-12-14-23(15-13-22)34-18-7-6-17-32-25-11-5-4-10-24(25)31-26(32)20-30-27(33)21-9-8-16-29-19-21/h4-5,8-16,19H,6-7,17-18,20H2,1-3H3,(H,30,33). The molecule has 0 radical (unpaired) electrons. The van der Waals surface area contributed by atoms with Crippen molar-refractivity contribution in [3.63, 3.8) is 0 Å². The number of ether oxygens (including phenoxy) is 1. The molecule has 2 aromatic heterocycles. The van der Waals surface area contributed by atoms with Crippen molar-refractivity contribution in [2.24, 2.45) is 0 Å². The van der Waals surface area contributed by atoms with E-state index in [1.807, 2.05) is 30.3 Å². The fourth-order valence-electron chi connectivity index (χ4n) is 3.88. The zero-order valence-corrected chi connectivity index (χ0v) is 20.1. The number of carbonyl (C=O) groups excluding carboxylic acids is 1. The molecule has 4 aromatic rings. The van der Waals surface area contributed by atoms with E-state index in [1.54, 1.807) is 24.5 Å². The molecule has 2 aromatic carbocycles. The van der Waals surface area contributed by atoms with Gasteiger partial charge in [0.2, 0.25) is 0 Å². The summed E-state index contributed by atoms with van der Waals surface area (Å²) >= 11 is 0. The van der Waals surface area contributed by atoms with Crippen molar-refractivity contribution >= 4 is 16.9 Å². The summed E-state index contributed by atoms with van der Waals surface area (Å²) in [6.45, 7) is 8.46. The minimum Gasteiger partial charge on any atom is -0.494 e. The van der Waals surface area contributed by atoms with Crippen molar-refractivity contribution in [1.82, 2.24) is 19.9 Å². The first kappa shape index (κ1) is 23.5. The molecular weight excluding hydrogens is 424 g/mol. The average molecular weight is 457 g/mol. The summed E-state index contributed by atoms with van der Waals surface area (Å²) in [5, 5.41) is 2.97. The van der Waals surface area contributed by atoms with E-state index in [2.05, 4.69) is 53.8 Å². The van der Waals surface area contributed by atoms with Gasteiger partial charge in [-0.15, -0.1) is 0 Å². The molecule has 0 aliphatic rings. The van der Waals surface area contributed by atoms with Crippen molar-refractivity contribution in [1.29, 1.82) is 0 Å². The van der Waals surface area contributed by atoms with Crippen molar-refractivity contribution in [3.8, 4) is 5.75 Å². The number of nitrogens with zero attached hydrogens (tertiary/aromatic N) is 3. The van der Waals surface area contributed by atoms with Crippen molar-refractivity contribution in [3.05, 3.63) is 90.0 Å². The molecule has 1 amide bonds. The van der Waals surface area contributed by atoms with Crippen LogP contribution in [0.3, 0.4) is 0 Å². The minimum absolute atomic E-state index is 0.140. The molecule has 0 atom stereocenters. The van der Waals surface area contributed by atoms with Crippen LogP contribution in [0.4, 0.5) is 0 Å². The van der Waals surface area contributed by atoms with Gasteiger partial charge in [0.25, 0.3) is 5.91 Å². The minimum atomic E-state index is -0.155. The molecule has 0 saturated carbocycles. The third-order valence-corrected chi connectivity index (χ3v) is 5.83. The van der Waals surface area contributed by atoms with Crippen LogP contribution in [-0.4, -0.2) is 27.0 Å². The van der Waals surface area contributed by atoms with Crippen LogP contribution in [0.1, 0.15) is 55.4 Å². The van der Waals surface area contributed by atoms with Gasteiger partial charge >= 0.3 is 0 Å². The molecule has 6 nitrogen and oxygen atoms in total. The van der Waals surface area contributed by atoms with Crippen LogP contribution in [0.15, 0.2) is 73.1 Å². The number of nitrogens with one attached hydrogen (secondary N) is 1. The average Bonchev–Trinajstić information content (AvgIpc) is 3.20. The SMILES string of the molecule is CC(C)(C)c1ccc(OCCCCn2c(CNC(=O)c3cccnc3)nc3ccccc32)cc1. The molecule has 176 valence electrons. The lowest BCUT2D eigenvalue weighted by molar-refractivity contribution is 0.0949. The second kappa shape index (κ2) is 10.5. The maximum absolute atomic E-state index is 12.4. The number of aromatic nitrogens is 3. The first-order valence-corrected chi connectivity index (χ1v) is 11.8. The highest BCUT2D eigenvalue weighted by atomic mass is 16.5. The normalized spacial score (nSPS) is 11.5. The van der Waals surface area contributed by atoms with Gasteiger partial charge in [0.15, 0.2) is 0 Å². The third kappa shape index (κ3) is 5.81. The third-order valence-electron chi connectivity index (χ3n) is 5.83. The summed E-state index contributed by atoms with van der Waals surface area (Å²) in [6.07, 6.45) is 5.09. The van der Waals surface area contributed by atoms with Crippen molar-refractivity contribution < 1.29 is 9.53 Å². The number of amides is 1. The number of hydrogen-bond acceptors (Lipinski definition) is 4. The smallest absolute Gasteiger partial charge is 0.253 e. The lowest BCUT2D eigenvalue weighted by atomic mass is 9.87. The van der Waals surface area contributed by atoms with Gasteiger partial charge in [-0.25, -0.2) is 4.98 Å². The highest BCUT2D eigenvalue weighted by molar-refractivity contribution is 5.93.